The fourth-order valence-electron chi connectivity index (χ4n) is 1.48. The Bertz CT molecular complexity index is 661. The van der Waals surface area contributed by atoms with E-state index in [0.29, 0.717) is 16.0 Å². The second-order valence-electron chi connectivity index (χ2n) is 3.83. The Morgan fingerprint density at radius 1 is 1.15 bits per heavy atom. The molecule has 0 radical (unpaired) electrons. The number of nitrogens with one attached hydrogen (secondary N) is 1. The van der Waals surface area contributed by atoms with Crippen LogP contribution in [-0.2, 0) is 4.79 Å². The van der Waals surface area contributed by atoms with E-state index in [0.717, 1.165) is 0 Å². The number of aliphatic carboxylic acids is 1. The Morgan fingerprint density at radius 3 is 2.40 bits per heavy atom. The maximum Gasteiger partial charge on any atom is 0.352 e. The van der Waals surface area contributed by atoms with E-state index < -0.39 is 11.9 Å². The van der Waals surface area contributed by atoms with E-state index in [1.807, 2.05) is 0 Å². The lowest BCUT2D eigenvalue weighted by Crippen LogP contribution is -2.27. The number of carbonyl (C=O) groups is 2. The first-order valence-electron chi connectivity index (χ1n) is 5.63. The Morgan fingerprint density at radius 2 is 1.85 bits per heavy atom. The molecule has 2 aromatic rings. The van der Waals surface area contributed by atoms with Crippen LogP contribution >= 0.6 is 15.9 Å². The van der Waals surface area contributed by atoms with Crippen LogP contribution in [0.15, 0.2) is 57.2 Å². The van der Waals surface area contributed by atoms with Gasteiger partial charge in [0.1, 0.15) is 11.5 Å². The number of hydrogen-bond donors (Lipinski definition) is 2. The predicted molar refractivity (Wildman–Crippen MR) is 75.9 cm³/mol. The predicted octanol–water partition coefficient (Wildman–Crippen LogP) is 2.90. The van der Waals surface area contributed by atoms with Crippen molar-refractivity contribution in [3.05, 3.63) is 64.2 Å². The minimum absolute atomic E-state index is 0.263. The molecule has 6 heteroatoms. The first kappa shape index (κ1) is 14.1. The van der Waals surface area contributed by atoms with Crippen molar-refractivity contribution in [1.82, 2.24) is 5.32 Å². The van der Waals surface area contributed by atoms with Crippen molar-refractivity contribution in [2.24, 2.45) is 0 Å². The van der Waals surface area contributed by atoms with Crippen molar-refractivity contribution in [2.75, 3.05) is 0 Å². The summed E-state index contributed by atoms with van der Waals surface area (Å²) in [5, 5.41) is 11.4. The smallest absolute Gasteiger partial charge is 0.352 e. The van der Waals surface area contributed by atoms with Crippen LogP contribution < -0.4 is 5.32 Å². The average Bonchev–Trinajstić information content (AvgIpc) is 2.84. The molecule has 20 heavy (non-hydrogen) atoms. The van der Waals surface area contributed by atoms with Crippen molar-refractivity contribution in [3.63, 3.8) is 0 Å². The number of carboxylic acids is 1. The lowest BCUT2D eigenvalue weighted by molar-refractivity contribution is -0.132. The van der Waals surface area contributed by atoms with Gasteiger partial charge in [-0.25, -0.2) is 4.79 Å². The molecule has 0 bridgehead atoms. The summed E-state index contributed by atoms with van der Waals surface area (Å²) in [6, 6.07) is 11.6. The second-order valence-corrected chi connectivity index (χ2v) is 4.61. The molecule has 1 aromatic heterocycles. The normalized spacial score (nSPS) is 11.2. The van der Waals surface area contributed by atoms with Gasteiger partial charge in [0.05, 0.1) is 0 Å². The van der Waals surface area contributed by atoms with Gasteiger partial charge in [-0.2, -0.15) is 0 Å². The first-order chi connectivity index (χ1) is 9.56. The molecule has 1 amide bonds. The fraction of sp³-hybridized carbons (Fsp3) is 0. The van der Waals surface area contributed by atoms with Gasteiger partial charge in [0.2, 0.25) is 0 Å². The number of furan rings is 1. The zero-order valence-electron chi connectivity index (χ0n) is 10.2. The molecule has 5 nitrogen and oxygen atoms in total. The summed E-state index contributed by atoms with van der Waals surface area (Å²) in [6.45, 7) is 0. The molecule has 1 heterocycles. The van der Waals surface area contributed by atoms with Crippen molar-refractivity contribution in [3.8, 4) is 0 Å². The van der Waals surface area contributed by atoms with Crippen LogP contribution in [0.5, 0.6) is 0 Å². The number of hydrogen-bond acceptors (Lipinski definition) is 3. The van der Waals surface area contributed by atoms with Gasteiger partial charge in [0, 0.05) is 11.6 Å². The van der Waals surface area contributed by atoms with Gasteiger partial charge in [-0.3, -0.25) is 4.79 Å². The Balaban J connectivity index is 2.20. The highest BCUT2D eigenvalue weighted by atomic mass is 79.9. The lowest BCUT2D eigenvalue weighted by Gasteiger charge is -2.05. The average molecular weight is 336 g/mol. The summed E-state index contributed by atoms with van der Waals surface area (Å²) in [4.78, 5) is 23.0. The topological polar surface area (TPSA) is 79.5 Å². The summed E-state index contributed by atoms with van der Waals surface area (Å²) >= 11 is 3.12. The lowest BCUT2D eigenvalue weighted by atomic mass is 10.2. The van der Waals surface area contributed by atoms with E-state index in [2.05, 4.69) is 21.2 Å². The molecule has 0 unspecified atom stereocenters. The van der Waals surface area contributed by atoms with Crippen LogP contribution in [0.4, 0.5) is 0 Å². The van der Waals surface area contributed by atoms with Gasteiger partial charge >= 0.3 is 5.97 Å². The van der Waals surface area contributed by atoms with Crippen molar-refractivity contribution in [2.45, 2.75) is 0 Å². The third-order valence-corrected chi connectivity index (χ3v) is 2.82. The molecule has 0 aliphatic carbocycles. The number of amides is 1. The Kier molecular flexibility index (Phi) is 4.37. The Hall–Kier alpha value is -2.34. The van der Waals surface area contributed by atoms with Gasteiger partial charge in [-0.15, -0.1) is 0 Å². The standard InChI is InChI=1S/C14H10BrNO4/c15-12-7-6-10(20-12)8-11(14(18)19)16-13(17)9-4-2-1-3-5-9/h1-8H,(H,16,17)(H,18,19). The highest BCUT2D eigenvalue weighted by Gasteiger charge is 2.13. The molecule has 2 N–H and O–H groups in total. The molecule has 102 valence electrons. The number of carbonyl (C=O) groups excluding carboxylic acids is 1. The number of carboxylic acid groups (broad SMARTS) is 1. The maximum absolute atomic E-state index is 11.9. The largest absolute Gasteiger partial charge is 0.477 e. The van der Waals surface area contributed by atoms with E-state index >= 15 is 0 Å². The van der Waals surface area contributed by atoms with Gasteiger partial charge < -0.3 is 14.8 Å². The van der Waals surface area contributed by atoms with E-state index in [1.165, 1.54) is 6.08 Å². The Labute approximate surface area is 123 Å². The molecule has 0 spiro atoms. The van der Waals surface area contributed by atoms with Crippen LogP contribution in [-0.4, -0.2) is 17.0 Å². The van der Waals surface area contributed by atoms with E-state index in [-0.39, 0.29) is 5.70 Å². The van der Waals surface area contributed by atoms with Crippen LogP contribution in [0.1, 0.15) is 16.1 Å². The molecule has 2 rings (SSSR count). The van der Waals surface area contributed by atoms with Gasteiger partial charge in [-0.05, 0) is 40.2 Å². The zero-order valence-corrected chi connectivity index (χ0v) is 11.8. The van der Waals surface area contributed by atoms with Crippen molar-refractivity contribution >= 4 is 33.9 Å². The second kappa shape index (κ2) is 6.21. The SMILES string of the molecule is O=C(O)C(=Cc1ccc(Br)o1)NC(=O)c1ccccc1. The third kappa shape index (κ3) is 3.58. The molecule has 0 fully saturated rings. The quantitative estimate of drug-likeness (QED) is 0.842. The molecular weight excluding hydrogens is 326 g/mol. The van der Waals surface area contributed by atoms with Crippen LogP contribution in [0.2, 0.25) is 0 Å². The van der Waals surface area contributed by atoms with Crippen molar-refractivity contribution < 1.29 is 19.1 Å². The highest BCUT2D eigenvalue weighted by Crippen LogP contribution is 2.16. The molecule has 0 aliphatic rings. The van der Waals surface area contributed by atoms with E-state index in [1.54, 1.807) is 42.5 Å². The molecule has 0 saturated heterocycles. The van der Waals surface area contributed by atoms with Crippen LogP contribution in [0.25, 0.3) is 6.08 Å². The molecular formula is C14H10BrNO4. The van der Waals surface area contributed by atoms with Crippen LogP contribution in [0, 0.1) is 0 Å². The molecule has 0 aliphatic heterocycles. The first-order valence-corrected chi connectivity index (χ1v) is 6.42. The number of benzene rings is 1. The van der Waals surface area contributed by atoms with E-state index in [4.69, 9.17) is 9.52 Å². The van der Waals surface area contributed by atoms with E-state index in [9.17, 15) is 9.59 Å². The molecule has 0 atom stereocenters. The number of rotatable bonds is 4. The monoisotopic (exact) mass is 335 g/mol. The molecule has 1 aromatic carbocycles. The minimum atomic E-state index is -1.25. The summed E-state index contributed by atoms with van der Waals surface area (Å²) < 4.78 is 5.65. The molecule has 0 saturated carbocycles. The zero-order chi connectivity index (χ0) is 14.5. The summed E-state index contributed by atoms with van der Waals surface area (Å²) in [5.41, 5.74) is 0.112. The highest BCUT2D eigenvalue weighted by molar-refractivity contribution is 9.10. The van der Waals surface area contributed by atoms with Gasteiger partial charge in [-0.1, -0.05) is 18.2 Å². The number of halogens is 1. The fourth-order valence-corrected chi connectivity index (χ4v) is 1.80. The maximum atomic E-state index is 11.9. The summed E-state index contributed by atoms with van der Waals surface area (Å²) in [5.74, 6) is -1.42. The van der Waals surface area contributed by atoms with Gasteiger partial charge in [0.25, 0.3) is 5.91 Å². The summed E-state index contributed by atoms with van der Waals surface area (Å²) in [7, 11) is 0. The third-order valence-electron chi connectivity index (χ3n) is 2.40. The summed E-state index contributed by atoms with van der Waals surface area (Å²) in [6.07, 6.45) is 1.24. The van der Waals surface area contributed by atoms with Crippen molar-refractivity contribution in [1.29, 1.82) is 0 Å². The van der Waals surface area contributed by atoms with Gasteiger partial charge in [0.15, 0.2) is 4.67 Å². The van der Waals surface area contributed by atoms with Crippen LogP contribution in [0.3, 0.4) is 0 Å². The minimum Gasteiger partial charge on any atom is -0.477 e.